The molecule has 1 atom stereocenters. The largest absolute Gasteiger partial charge is 0.465 e. The van der Waals surface area contributed by atoms with Crippen LogP contribution in [0.1, 0.15) is 19.1 Å². The van der Waals surface area contributed by atoms with Gasteiger partial charge in [-0.15, -0.1) is 0 Å². The summed E-state index contributed by atoms with van der Waals surface area (Å²) in [5.74, 6) is 0.775. The van der Waals surface area contributed by atoms with Crippen LogP contribution < -0.4 is 0 Å². The standard InChI is InChI=1S/C9H12O2/c1-2-8(10)5-6-9-4-3-7-11-9/h3-8,10H,2H2,1H3/b6-5+/t8-/m1/s1. The molecule has 2 heteroatoms. The van der Waals surface area contributed by atoms with Gasteiger partial charge in [0.1, 0.15) is 5.76 Å². The van der Waals surface area contributed by atoms with E-state index in [2.05, 4.69) is 0 Å². The van der Waals surface area contributed by atoms with Crippen LogP contribution in [-0.2, 0) is 0 Å². The maximum absolute atomic E-state index is 9.13. The fraction of sp³-hybridized carbons (Fsp3) is 0.333. The van der Waals surface area contributed by atoms with E-state index in [-0.39, 0.29) is 6.10 Å². The normalized spacial score (nSPS) is 14.0. The third-order valence-electron chi connectivity index (χ3n) is 1.44. The molecule has 0 aliphatic carbocycles. The minimum Gasteiger partial charge on any atom is -0.465 e. The molecule has 0 saturated heterocycles. The Kier molecular flexibility index (Phi) is 2.93. The van der Waals surface area contributed by atoms with Crippen molar-refractivity contribution in [2.45, 2.75) is 19.4 Å². The van der Waals surface area contributed by atoms with Gasteiger partial charge < -0.3 is 9.52 Å². The number of rotatable bonds is 3. The smallest absolute Gasteiger partial charge is 0.126 e. The summed E-state index contributed by atoms with van der Waals surface area (Å²) in [6.45, 7) is 1.93. The third-order valence-corrected chi connectivity index (χ3v) is 1.44. The minimum atomic E-state index is -0.361. The van der Waals surface area contributed by atoms with Crippen molar-refractivity contribution in [2.75, 3.05) is 0 Å². The molecule has 0 aliphatic rings. The SMILES string of the molecule is CC[C@@H](O)/C=C/c1ccco1. The van der Waals surface area contributed by atoms with E-state index in [1.807, 2.05) is 19.1 Å². The topological polar surface area (TPSA) is 33.4 Å². The van der Waals surface area contributed by atoms with Crippen molar-refractivity contribution < 1.29 is 9.52 Å². The first-order valence-corrected chi connectivity index (χ1v) is 3.72. The molecule has 0 bridgehead atoms. The zero-order chi connectivity index (χ0) is 8.10. The predicted octanol–water partition coefficient (Wildman–Crippen LogP) is 2.06. The van der Waals surface area contributed by atoms with Gasteiger partial charge in [0.2, 0.25) is 0 Å². The maximum Gasteiger partial charge on any atom is 0.126 e. The number of furan rings is 1. The molecule has 0 aromatic carbocycles. The molecular weight excluding hydrogens is 140 g/mol. The maximum atomic E-state index is 9.13. The lowest BCUT2D eigenvalue weighted by Gasteiger charge is -1.96. The second kappa shape index (κ2) is 3.98. The van der Waals surface area contributed by atoms with Crippen molar-refractivity contribution in [1.29, 1.82) is 0 Å². The van der Waals surface area contributed by atoms with Crippen LogP contribution in [0.5, 0.6) is 0 Å². The molecule has 11 heavy (non-hydrogen) atoms. The van der Waals surface area contributed by atoms with E-state index < -0.39 is 0 Å². The average molecular weight is 152 g/mol. The molecule has 0 fully saturated rings. The van der Waals surface area contributed by atoms with Gasteiger partial charge in [0.05, 0.1) is 12.4 Å². The van der Waals surface area contributed by atoms with Crippen molar-refractivity contribution in [1.82, 2.24) is 0 Å². The molecular formula is C9H12O2. The number of hydrogen-bond donors (Lipinski definition) is 1. The lowest BCUT2D eigenvalue weighted by molar-refractivity contribution is 0.220. The monoisotopic (exact) mass is 152 g/mol. The highest BCUT2D eigenvalue weighted by Gasteiger charge is 1.93. The zero-order valence-electron chi connectivity index (χ0n) is 6.53. The van der Waals surface area contributed by atoms with E-state index in [1.54, 1.807) is 18.4 Å². The zero-order valence-corrected chi connectivity index (χ0v) is 6.53. The number of aliphatic hydroxyl groups is 1. The summed E-state index contributed by atoms with van der Waals surface area (Å²) in [4.78, 5) is 0. The van der Waals surface area contributed by atoms with E-state index in [4.69, 9.17) is 9.52 Å². The van der Waals surface area contributed by atoms with Crippen LogP contribution in [0, 0.1) is 0 Å². The molecule has 0 radical (unpaired) electrons. The molecule has 1 heterocycles. The van der Waals surface area contributed by atoms with Gasteiger partial charge in [-0.3, -0.25) is 0 Å². The Bertz CT molecular complexity index is 211. The highest BCUT2D eigenvalue weighted by atomic mass is 16.3. The van der Waals surface area contributed by atoms with Crippen LogP contribution in [0.4, 0.5) is 0 Å². The Labute approximate surface area is 66.2 Å². The summed E-state index contributed by atoms with van der Waals surface area (Å²) in [6, 6.07) is 3.66. The Hall–Kier alpha value is -1.02. The molecule has 1 aromatic heterocycles. The predicted molar refractivity (Wildman–Crippen MR) is 44.0 cm³/mol. The Balaban J connectivity index is 2.48. The van der Waals surface area contributed by atoms with Gasteiger partial charge in [0.25, 0.3) is 0 Å². The van der Waals surface area contributed by atoms with Crippen LogP contribution in [0.3, 0.4) is 0 Å². The lowest BCUT2D eigenvalue weighted by atomic mass is 10.2. The molecule has 1 aromatic rings. The first kappa shape index (κ1) is 8.08. The van der Waals surface area contributed by atoms with Crippen LogP contribution in [0.25, 0.3) is 6.08 Å². The number of aliphatic hydroxyl groups excluding tert-OH is 1. The second-order valence-corrected chi connectivity index (χ2v) is 2.35. The van der Waals surface area contributed by atoms with Crippen LogP contribution in [-0.4, -0.2) is 11.2 Å². The molecule has 0 spiro atoms. The van der Waals surface area contributed by atoms with E-state index in [9.17, 15) is 0 Å². The fourth-order valence-corrected chi connectivity index (χ4v) is 0.728. The Morgan fingerprint density at radius 3 is 3.09 bits per heavy atom. The van der Waals surface area contributed by atoms with E-state index in [0.29, 0.717) is 0 Å². The quantitative estimate of drug-likeness (QED) is 0.719. The molecule has 0 amide bonds. The van der Waals surface area contributed by atoms with Crippen molar-refractivity contribution in [3.05, 3.63) is 30.2 Å². The van der Waals surface area contributed by atoms with Gasteiger partial charge in [-0.1, -0.05) is 13.0 Å². The third kappa shape index (κ3) is 2.60. The second-order valence-electron chi connectivity index (χ2n) is 2.35. The Morgan fingerprint density at radius 1 is 1.73 bits per heavy atom. The van der Waals surface area contributed by atoms with Crippen LogP contribution >= 0.6 is 0 Å². The summed E-state index contributed by atoms with van der Waals surface area (Å²) >= 11 is 0. The molecule has 0 aliphatic heterocycles. The minimum absolute atomic E-state index is 0.361. The summed E-state index contributed by atoms with van der Waals surface area (Å²) in [5, 5.41) is 9.13. The average Bonchev–Trinajstić information content (AvgIpc) is 2.52. The molecule has 0 unspecified atom stereocenters. The van der Waals surface area contributed by atoms with E-state index in [1.165, 1.54) is 0 Å². The first-order chi connectivity index (χ1) is 5.33. The highest BCUT2D eigenvalue weighted by Crippen LogP contribution is 2.03. The van der Waals surface area contributed by atoms with Crippen LogP contribution in [0.15, 0.2) is 28.9 Å². The van der Waals surface area contributed by atoms with Crippen molar-refractivity contribution in [3.8, 4) is 0 Å². The van der Waals surface area contributed by atoms with Gasteiger partial charge in [-0.2, -0.15) is 0 Å². The van der Waals surface area contributed by atoms with Crippen LogP contribution in [0.2, 0.25) is 0 Å². The summed E-state index contributed by atoms with van der Waals surface area (Å²) in [6.07, 6.45) is 5.47. The van der Waals surface area contributed by atoms with Crippen molar-refractivity contribution in [2.24, 2.45) is 0 Å². The summed E-state index contributed by atoms with van der Waals surface area (Å²) in [7, 11) is 0. The highest BCUT2D eigenvalue weighted by molar-refractivity contribution is 5.42. The Morgan fingerprint density at radius 2 is 2.55 bits per heavy atom. The first-order valence-electron chi connectivity index (χ1n) is 3.72. The molecule has 0 saturated carbocycles. The summed E-state index contributed by atoms with van der Waals surface area (Å²) in [5.41, 5.74) is 0. The number of hydrogen-bond acceptors (Lipinski definition) is 2. The van der Waals surface area contributed by atoms with Crippen molar-refractivity contribution >= 4 is 6.08 Å². The fourth-order valence-electron chi connectivity index (χ4n) is 0.728. The van der Waals surface area contributed by atoms with Gasteiger partial charge in [-0.05, 0) is 24.6 Å². The van der Waals surface area contributed by atoms with Gasteiger partial charge in [0, 0.05) is 0 Å². The van der Waals surface area contributed by atoms with Gasteiger partial charge in [-0.25, -0.2) is 0 Å². The molecule has 1 rings (SSSR count). The molecule has 1 N–H and O–H groups in total. The van der Waals surface area contributed by atoms with Crippen molar-refractivity contribution in [3.63, 3.8) is 0 Å². The molecule has 2 nitrogen and oxygen atoms in total. The molecule has 60 valence electrons. The van der Waals surface area contributed by atoms with E-state index in [0.717, 1.165) is 12.2 Å². The lowest BCUT2D eigenvalue weighted by Crippen LogP contribution is -1.97. The summed E-state index contributed by atoms with van der Waals surface area (Å²) < 4.78 is 5.03. The van der Waals surface area contributed by atoms with E-state index >= 15 is 0 Å². The van der Waals surface area contributed by atoms with Gasteiger partial charge >= 0.3 is 0 Å². The van der Waals surface area contributed by atoms with Gasteiger partial charge in [0.15, 0.2) is 0 Å².